The van der Waals surface area contributed by atoms with Crippen molar-refractivity contribution in [1.29, 1.82) is 0 Å². The molecule has 1 amide bonds. The molecular formula is C29H42N8O4. The Balaban J connectivity index is 1.51. The Morgan fingerprint density at radius 2 is 1.32 bits per heavy atom. The molecule has 0 radical (unpaired) electrons. The third kappa shape index (κ3) is 12.0. The van der Waals surface area contributed by atoms with Gasteiger partial charge in [0.05, 0.1) is 33.5 Å². The summed E-state index contributed by atoms with van der Waals surface area (Å²) in [6, 6.07) is 15.2. The summed E-state index contributed by atoms with van der Waals surface area (Å²) in [5.74, 6) is 2.08. The van der Waals surface area contributed by atoms with Gasteiger partial charge < -0.3 is 41.2 Å². The van der Waals surface area contributed by atoms with Crippen LogP contribution in [0, 0.1) is 0 Å². The van der Waals surface area contributed by atoms with Crippen LogP contribution in [0.2, 0.25) is 0 Å². The first-order chi connectivity index (χ1) is 20.1. The van der Waals surface area contributed by atoms with Crippen LogP contribution in [0.3, 0.4) is 0 Å². The van der Waals surface area contributed by atoms with E-state index in [9.17, 15) is 4.79 Å². The zero-order chi connectivity index (χ0) is 29.1. The molecule has 0 unspecified atom stereocenters. The lowest BCUT2D eigenvalue weighted by Gasteiger charge is -2.12. The van der Waals surface area contributed by atoms with Gasteiger partial charge in [-0.05, 0) is 41.8 Å². The lowest BCUT2D eigenvalue weighted by Crippen LogP contribution is -2.27. The van der Waals surface area contributed by atoms with Gasteiger partial charge in [-0.2, -0.15) is 15.0 Å². The Morgan fingerprint density at radius 3 is 1.88 bits per heavy atom. The molecule has 3 aromatic rings. The highest BCUT2D eigenvalue weighted by Gasteiger charge is 2.09. The van der Waals surface area contributed by atoms with Crippen molar-refractivity contribution in [3.8, 4) is 5.75 Å². The summed E-state index contributed by atoms with van der Waals surface area (Å²) in [6.45, 7) is 6.75. The van der Waals surface area contributed by atoms with Crippen molar-refractivity contribution in [2.75, 3.05) is 69.1 Å². The van der Waals surface area contributed by atoms with Gasteiger partial charge in [-0.25, -0.2) is 0 Å². The standard InChI is InChI=1S/C29H42N8O4/c1-3-4-14-32-27-35-28(37-29(36-27)34-21-23-7-11-25(39-2)12-8-23)33-20-22-5-9-24(10-6-22)26(38)31-15-17-41-19-18-40-16-13-30/h5-12H,3-4,13-21,30H2,1-2H3,(H,31,38)(H3,32,33,34,35,36,37). The predicted octanol–water partition coefficient (Wildman–Crippen LogP) is 3.04. The second kappa shape index (κ2) is 18.4. The summed E-state index contributed by atoms with van der Waals surface area (Å²) in [5.41, 5.74) is 8.00. The maximum Gasteiger partial charge on any atom is 0.251 e. The minimum Gasteiger partial charge on any atom is -0.497 e. The van der Waals surface area contributed by atoms with E-state index in [4.69, 9.17) is 19.9 Å². The van der Waals surface area contributed by atoms with E-state index in [2.05, 4.69) is 43.1 Å². The third-order valence-corrected chi connectivity index (χ3v) is 5.89. The van der Waals surface area contributed by atoms with Crippen molar-refractivity contribution in [2.45, 2.75) is 32.9 Å². The molecule has 0 bridgehead atoms. The van der Waals surface area contributed by atoms with Crippen molar-refractivity contribution in [2.24, 2.45) is 5.73 Å². The molecule has 12 nitrogen and oxygen atoms in total. The van der Waals surface area contributed by atoms with E-state index in [0.29, 0.717) is 76.0 Å². The van der Waals surface area contributed by atoms with E-state index in [-0.39, 0.29) is 5.91 Å². The first-order valence-corrected chi connectivity index (χ1v) is 13.9. The van der Waals surface area contributed by atoms with E-state index >= 15 is 0 Å². The summed E-state index contributed by atoms with van der Waals surface area (Å²) in [4.78, 5) is 26.0. The predicted molar refractivity (Wildman–Crippen MR) is 160 cm³/mol. The van der Waals surface area contributed by atoms with Crippen molar-refractivity contribution in [1.82, 2.24) is 20.3 Å². The van der Waals surface area contributed by atoms with Gasteiger partial charge in [0.15, 0.2) is 0 Å². The van der Waals surface area contributed by atoms with Gasteiger partial charge in [0.25, 0.3) is 5.91 Å². The number of hydrogen-bond donors (Lipinski definition) is 5. The fourth-order valence-electron chi connectivity index (χ4n) is 3.61. The van der Waals surface area contributed by atoms with E-state index in [0.717, 1.165) is 36.3 Å². The Kier molecular flexibility index (Phi) is 14.1. The zero-order valence-electron chi connectivity index (χ0n) is 23.9. The molecule has 0 aliphatic carbocycles. The quantitative estimate of drug-likeness (QED) is 0.128. The number of ether oxygens (including phenoxy) is 3. The largest absolute Gasteiger partial charge is 0.497 e. The van der Waals surface area contributed by atoms with Crippen LogP contribution < -0.4 is 31.7 Å². The number of nitrogens with one attached hydrogen (secondary N) is 4. The topological polar surface area (TPSA) is 158 Å². The molecular weight excluding hydrogens is 524 g/mol. The van der Waals surface area contributed by atoms with Gasteiger partial charge in [0, 0.05) is 38.3 Å². The van der Waals surface area contributed by atoms with Crippen molar-refractivity contribution in [3.05, 3.63) is 65.2 Å². The van der Waals surface area contributed by atoms with Crippen LogP contribution in [0.15, 0.2) is 48.5 Å². The average molecular weight is 567 g/mol. The maximum absolute atomic E-state index is 12.4. The normalized spacial score (nSPS) is 10.7. The van der Waals surface area contributed by atoms with Crippen molar-refractivity contribution < 1.29 is 19.0 Å². The second-order valence-corrected chi connectivity index (χ2v) is 9.11. The van der Waals surface area contributed by atoms with Crippen molar-refractivity contribution >= 4 is 23.8 Å². The van der Waals surface area contributed by atoms with Gasteiger partial charge in [0.1, 0.15) is 5.75 Å². The average Bonchev–Trinajstić information content (AvgIpc) is 3.01. The minimum absolute atomic E-state index is 0.152. The highest BCUT2D eigenvalue weighted by molar-refractivity contribution is 5.94. The molecule has 0 aliphatic heterocycles. The number of carbonyl (C=O) groups is 1. The molecule has 0 saturated heterocycles. The number of rotatable bonds is 20. The molecule has 0 spiro atoms. The van der Waals surface area contributed by atoms with Gasteiger partial charge >= 0.3 is 0 Å². The number of methoxy groups -OCH3 is 1. The van der Waals surface area contributed by atoms with Crippen LogP contribution >= 0.6 is 0 Å². The van der Waals surface area contributed by atoms with Crippen LogP contribution in [0.5, 0.6) is 5.75 Å². The molecule has 41 heavy (non-hydrogen) atoms. The molecule has 222 valence electrons. The number of carbonyl (C=O) groups excluding carboxylic acids is 1. The molecule has 12 heteroatoms. The van der Waals surface area contributed by atoms with Crippen molar-refractivity contribution in [3.63, 3.8) is 0 Å². The lowest BCUT2D eigenvalue weighted by molar-refractivity contribution is 0.0511. The monoisotopic (exact) mass is 566 g/mol. The first kappa shape index (κ1) is 31.5. The third-order valence-electron chi connectivity index (χ3n) is 5.89. The van der Waals surface area contributed by atoms with Crippen LogP contribution in [-0.4, -0.2) is 74.0 Å². The van der Waals surface area contributed by atoms with Gasteiger partial charge in [-0.1, -0.05) is 37.6 Å². The van der Waals surface area contributed by atoms with Crippen LogP contribution in [0.4, 0.5) is 17.8 Å². The first-order valence-electron chi connectivity index (χ1n) is 13.9. The fraction of sp³-hybridized carbons (Fsp3) is 0.448. The number of benzene rings is 2. The molecule has 3 rings (SSSR count). The Hall–Kier alpha value is -4.00. The SMILES string of the molecule is CCCCNc1nc(NCc2ccc(OC)cc2)nc(NCc2ccc(C(=O)NCCOCCOCCN)cc2)n1. The Morgan fingerprint density at radius 1 is 0.756 bits per heavy atom. The van der Waals surface area contributed by atoms with E-state index in [1.54, 1.807) is 19.2 Å². The van der Waals surface area contributed by atoms with Crippen LogP contribution in [0.1, 0.15) is 41.3 Å². The van der Waals surface area contributed by atoms with Crippen LogP contribution in [-0.2, 0) is 22.6 Å². The summed E-state index contributed by atoms with van der Waals surface area (Å²) < 4.78 is 15.9. The summed E-state index contributed by atoms with van der Waals surface area (Å²) in [6.07, 6.45) is 2.08. The fourth-order valence-corrected chi connectivity index (χ4v) is 3.61. The molecule has 0 aliphatic rings. The summed E-state index contributed by atoms with van der Waals surface area (Å²) in [5, 5.41) is 12.7. The van der Waals surface area contributed by atoms with Gasteiger partial charge in [0.2, 0.25) is 17.8 Å². The zero-order valence-corrected chi connectivity index (χ0v) is 23.9. The van der Waals surface area contributed by atoms with Gasteiger partial charge in [-0.15, -0.1) is 0 Å². The molecule has 1 heterocycles. The number of nitrogens with zero attached hydrogens (tertiary/aromatic N) is 3. The number of amides is 1. The smallest absolute Gasteiger partial charge is 0.251 e. The number of nitrogens with two attached hydrogens (primary N) is 1. The molecule has 0 atom stereocenters. The summed E-state index contributed by atoms with van der Waals surface area (Å²) >= 11 is 0. The Labute approximate surface area is 241 Å². The van der Waals surface area contributed by atoms with E-state index < -0.39 is 0 Å². The Bertz CT molecular complexity index is 1160. The van der Waals surface area contributed by atoms with Crippen LogP contribution in [0.25, 0.3) is 0 Å². The molecule has 1 aromatic heterocycles. The molecule has 6 N–H and O–H groups in total. The second-order valence-electron chi connectivity index (χ2n) is 9.11. The highest BCUT2D eigenvalue weighted by Crippen LogP contribution is 2.15. The number of hydrogen-bond acceptors (Lipinski definition) is 11. The van der Waals surface area contributed by atoms with Gasteiger partial charge in [-0.3, -0.25) is 4.79 Å². The van der Waals surface area contributed by atoms with E-state index in [1.165, 1.54) is 0 Å². The number of aromatic nitrogens is 3. The molecule has 2 aromatic carbocycles. The maximum atomic E-state index is 12.4. The molecule has 0 saturated carbocycles. The molecule has 0 fully saturated rings. The summed E-state index contributed by atoms with van der Waals surface area (Å²) in [7, 11) is 1.65. The highest BCUT2D eigenvalue weighted by atomic mass is 16.5. The lowest BCUT2D eigenvalue weighted by atomic mass is 10.1. The number of unbranched alkanes of at least 4 members (excludes halogenated alkanes) is 1. The van der Waals surface area contributed by atoms with E-state index in [1.807, 2.05) is 36.4 Å². The number of anilines is 3. The minimum atomic E-state index is -0.152.